The van der Waals surface area contributed by atoms with Gasteiger partial charge in [-0.25, -0.2) is 9.50 Å². The molecule has 2 heterocycles. The van der Waals surface area contributed by atoms with E-state index >= 15 is 0 Å². The van der Waals surface area contributed by atoms with Crippen molar-refractivity contribution in [2.45, 2.75) is 32.6 Å². The van der Waals surface area contributed by atoms with Crippen LogP contribution in [0.5, 0.6) is 0 Å². The summed E-state index contributed by atoms with van der Waals surface area (Å²) in [4.78, 5) is 17.7. The van der Waals surface area contributed by atoms with Crippen LogP contribution in [0.25, 0.3) is 16.8 Å². The molecule has 0 radical (unpaired) electrons. The van der Waals surface area contributed by atoms with Gasteiger partial charge in [-0.3, -0.25) is 9.89 Å². The summed E-state index contributed by atoms with van der Waals surface area (Å²) < 4.78 is 1.50. The first kappa shape index (κ1) is 18.7. The SMILES string of the molecule is CCCCc1nc2cc[nH]n2c(=O)c1Cc1ccc(-c2ccccc2C#N)cc1. The van der Waals surface area contributed by atoms with E-state index in [1.807, 2.05) is 54.6 Å². The highest BCUT2D eigenvalue weighted by molar-refractivity contribution is 5.70. The van der Waals surface area contributed by atoms with Crippen LogP contribution >= 0.6 is 0 Å². The van der Waals surface area contributed by atoms with Gasteiger partial charge in [0.1, 0.15) is 0 Å². The van der Waals surface area contributed by atoms with Crippen LogP contribution in [0.3, 0.4) is 0 Å². The Morgan fingerprint density at radius 1 is 1.10 bits per heavy atom. The van der Waals surface area contributed by atoms with Crippen molar-refractivity contribution in [3.8, 4) is 17.2 Å². The van der Waals surface area contributed by atoms with Crippen LogP contribution in [-0.4, -0.2) is 14.6 Å². The number of fused-ring (bicyclic) bond motifs is 1. The molecule has 0 saturated carbocycles. The van der Waals surface area contributed by atoms with Crippen molar-refractivity contribution in [3.05, 3.63) is 93.5 Å². The Morgan fingerprint density at radius 3 is 2.66 bits per heavy atom. The summed E-state index contributed by atoms with van der Waals surface area (Å²) in [6.07, 6.45) is 5.13. The monoisotopic (exact) mass is 382 g/mol. The predicted molar refractivity (Wildman–Crippen MR) is 114 cm³/mol. The molecule has 5 nitrogen and oxygen atoms in total. The minimum Gasteiger partial charge on any atom is -0.297 e. The summed E-state index contributed by atoms with van der Waals surface area (Å²) in [5.41, 5.74) is 5.86. The number of nitrogens with zero attached hydrogens (tertiary/aromatic N) is 3. The topological polar surface area (TPSA) is 74.0 Å². The Kier molecular flexibility index (Phi) is 5.26. The first-order valence-electron chi connectivity index (χ1n) is 9.87. The van der Waals surface area contributed by atoms with Crippen LogP contribution in [0.1, 0.15) is 42.1 Å². The second-order valence-electron chi connectivity index (χ2n) is 7.13. The van der Waals surface area contributed by atoms with Crippen molar-refractivity contribution in [1.82, 2.24) is 14.6 Å². The molecule has 144 valence electrons. The smallest absolute Gasteiger partial charge is 0.276 e. The number of unbranched alkanes of at least 4 members (excludes halogenated alkanes) is 1. The van der Waals surface area contributed by atoms with Gasteiger partial charge in [0.2, 0.25) is 0 Å². The summed E-state index contributed by atoms with van der Waals surface area (Å²) in [7, 11) is 0. The molecule has 5 heteroatoms. The summed E-state index contributed by atoms with van der Waals surface area (Å²) >= 11 is 0. The number of nitriles is 1. The minimum absolute atomic E-state index is 0.0370. The Morgan fingerprint density at radius 2 is 1.90 bits per heavy atom. The number of aryl methyl sites for hydroxylation is 1. The fourth-order valence-electron chi connectivity index (χ4n) is 3.61. The largest absolute Gasteiger partial charge is 0.297 e. The number of nitrogens with one attached hydrogen (secondary N) is 1. The van der Waals surface area contributed by atoms with E-state index in [1.54, 1.807) is 6.20 Å². The maximum Gasteiger partial charge on any atom is 0.276 e. The molecule has 2 aromatic heterocycles. The lowest BCUT2D eigenvalue weighted by molar-refractivity contribution is 0.753. The Bertz CT molecular complexity index is 1240. The second kappa shape index (κ2) is 8.15. The van der Waals surface area contributed by atoms with E-state index in [0.29, 0.717) is 17.6 Å². The molecule has 4 aromatic rings. The number of benzene rings is 2. The molecule has 1 N–H and O–H groups in total. The fourth-order valence-corrected chi connectivity index (χ4v) is 3.61. The molecule has 0 unspecified atom stereocenters. The third kappa shape index (κ3) is 3.70. The van der Waals surface area contributed by atoms with Crippen molar-refractivity contribution < 1.29 is 0 Å². The number of rotatable bonds is 6. The first-order valence-corrected chi connectivity index (χ1v) is 9.87. The van der Waals surface area contributed by atoms with Crippen molar-refractivity contribution in [3.63, 3.8) is 0 Å². The molecule has 0 aliphatic carbocycles. The molecule has 0 aliphatic heterocycles. The lowest BCUT2D eigenvalue weighted by atomic mass is 9.97. The van der Waals surface area contributed by atoms with E-state index in [1.165, 1.54) is 4.52 Å². The van der Waals surface area contributed by atoms with E-state index in [9.17, 15) is 10.1 Å². The molecule has 0 saturated heterocycles. The number of H-pyrrole nitrogens is 1. The Labute approximate surface area is 169 Å². The molecule has 0 aliphatic rings. The molecule has 0 amide bonds. The first-order chi connectivity index (χ1) is 14.2. The average molecular weight is 382 g/mol. The molecular weight excluding hydrogens is 360 g/mol. The zero-order valence-electron chi connectivity index (χ0n) is 16.4. The average Bonchev–Trinajstić information content (AvgIpc) is 3.24. The van der Waals surface area contributed by atoms with Gasteiger partial charge >= 0.3 is 0 Å². The van der Waals surface area contributed by atoms with E-state index < -0.39 is 0 Å². The minimum atomic E-state index is -0.0370. The summed E-state index contributed by atoms with van der Waals surface area (Å²) in [5, 5.41) is 12.3. The number of aromatic nitrogens is 3. The van der Waals surface area contributed by atoms with E-state index in [0.717, 1.165) is 47.2 Å². The second-order valence-corrected chi connectivity index (χ2v) is 7.13. The van der Waals surface area contributed by atoms with Gasteiger partial charge < -0.3 is 0 Å². The highest BCUT2D eigenvalue weighted by atomic mass is 16.1. The lowest BCUT2D eigenvalue weighted by Crippen LogP contribution is -2.23. The van der Waals surface area contributed by atoms with Crippen LogP contribution in [-0.2, 0) is 12.8 Å². The Balaban J connectivity index is 1.69. The van der Waals surface area contributed by atoms with Crippen molar-refractivity contribution in [2.24, 2.45) is 0 Å². The van der Waals surface area contributed by atoms with Gasteiger partial charge in [-0.15, -0.1) is 0 Å². The van der Waals surface area contributed by atoms with Crippen LogP contribution < -0.4 is 5.56 Å². The Hall–Kier alpha value is -3.65. The van der Waals surface area contributed by atoms with Gasteiger partial charge in [-0.1, -0.05) is 55.8 Å². The van der Waals surface area contributed by atoms with Crippen LogP contribution in [0.15, 0.2) is 65.6 Å². The summed E-state index contributed by atoms with van der Waals surface area (Å²) in [6.45, 7) is 2.14. The number of hydrogen-bond acceptors (Lipinski definition) is 3. The van der Waals surface area contributed by atoms with E-state index in [2.05, 4.69) is 18.1 Å². The summed E-state index contributed by atoms with van der Waals surface area (Å²) in [5.74, 6) is 0. The van der Waals surface area contributed by atoms with E-state index in [4.69, 9.17) is 4.98 Å². The van der Waals surface area contributed by atoms with Gasteiger partial charge in [0.05, 0.1) is 17.3 Å². The van der Waals surface area contributed by atoms with Gasteiger partial charge in [0.25, 0.3) is 5.56 Å². The molecular formula is C24H22N4O. The maximum absolute atomic E-state index is 13.0. The highest BCUT2D eigenvalue weighted by Crippen LogP contribution is 2.24. The quantitative estimate of drug-likeness (QED) is 0.534. The molecule has 4 rings (SSSR count). The van der Waals surface area contributed by atoms with Crippen LogP contribution in [0, 0.1) is 11.3 Å². The normalized spacial score (nSPS) is 10.9. The number of hydrogen-bond donors (Lipinski definition) is 1. The zero-order chi connectivity index (χ0) is 20.2. The third-order valence-electron chi connectivity index (χ3n) is 5.18. The maximum atomic E-state index is 13.0. The van der Waals surface area contributed by atoms with Gasteiger partial charge in [0, 0.05) is 24.2 Å². The molecule has 0 bridgehead atoms. The standard InChI is InChI=1S/C24H22N4O/c1-2-3-8-22-21(24(29)28-23(27-22)13-14-26-28)15-17-9-11-18(12-10-17)20-7-5-4-6-19(20)16-25/h4-7,9-14,26H,2-3,8,15H2,1H3. The van der Waals surface area contributed by atoms with Crippen molar-refractivity contribution in [2.75, 3.05) is 0 Å². The van der Waals surface area contributed by atoms with Crippen molar-refractivity contribution in [1.29, 1.82) is 5.26 Å². The molecule has 0 atom stereocenters. The lowest BCUT2D eigenvalue weighted by Gasteiger charge is -2.10. The predicted octanol–water partition coefficient (Wildman–Crippen LogP) is 4.49. The van der Waals surface area contributed by atoms with Crippen molar-refractivity contribution >= 4 is 5.65 Å². The molecule has 2 aromatic carbocycles. The number of aromatic amines is 1. The van der Waals surface area contributed by atoms with Gasteiger partial charge in [0.15, 0.2) is 5.65 Å². The highest BCUT2D eigenvalue weighted by Gasteiger charge is 2.14. The molecule has 29 heavy (non-hydrogen) atoms. The van der Waals surface area contributed by atoms with Gasteiger partial charge in [-0.2, -0.15) is 5.26 Å². The molecule has 0 spiro atoms. The van der Waals surface area contributed by atoms with Crippen LogP contribution in [0.2, 0.25) is 0 Å². The van der Waals surface area contributed by atoms with Gasteiger partial charge in [-0.05, 0) is 35.6 Å². The third-order valence-corrected chi connectivity index (χ3v) is 5.18. The molecule has 0 fully saturated rings. The van der Waals surface area contributed by atoms with E-state index in [-0.39, 0.29) is 5.56 Å². The van der Waals surface area contributed by atoms with Crippen LogP contribution in [0.4, 0.5) is 0 Å². The zero-order valence-corrected chi connectivity index (χ0v) is 16.4. The fraction of sp³-hybridized carbons (Fsp3) is 0.208. The summed E-state index contributed by atoms with van der Waals surface area (Å²) in [6, 6.07) is 19.7.